The number of nitro groups is 1. The molecular formula is C23H18F3N3O6. The molecule has 0 radical (unpaired) electrons. The molecule has 4 rings (SSSR count). The van der Waals surface area contributed by atoms with E-state index in [1.165, 1.54) is 66.0 Å². The molecule has 1 aromatic heterocycles. The Morgan fingerprint density at radius 2 is 1.83 bits per heavy atom. The van der Waals surface area contributed by atoms with E-state index in [-0.39, 0.29) is 28.3 Å². The van der Waals surface area contributed by atoms with Crippen LogP contribution in [0.25, 0.3) is 11.3 Å². The first kappa shape index (κ1) is 24.0. The van der Waals surface area contributed by atoms with Crippen molar-refractivity contribution in [2.45, 2.75) is 24.9 Å². The maximum absolute atomic E-state index is 14.0. The van der Waals surface area contributed by atoms with E-state index in [0.717, 1.165) is 5.56 Å². The lowest BCUT2D eigenvalue weighted by Crippen LogP contribution is -2.72. The van der Waals surface area contributed by atoms with Gasteiger partial charge in [0.25, 0.3) is 5.69 Å². The van der Waals surface area contributed by atoms with Crippen molar-refractivity contribution in [3.05, 3.63) is 87.7 Å². The maximum atomic E-state index is 14.0. The summed E-state index contributed by atoms with van der Waals surface area (Å²) in [4.78, 5) is 35.9. The number of nitrogens with zero attached hydrogens (tertiary/aromatic N) is 1. The summed E-state index contributed by atoms with van der Waals surface area (Å²) >= 11 is 0. The van der Waals surface area contributed by atoms with E-state index in [4.69, 9.17) is 4.42 Å². The molecule has 1 fully saturated rings. The minimum absolute atomic E-state index is 0.0496. The molecule has 0 bridgehead atoms. The normalized spacial score (nSPS) is 22.3. The number of hydrogen-bond donors (Lipinski definition) is 3. The van der Waals surface area contributed by atoms with Gasteiger partial charge in [0.15, 0.2) is 5.78 Å². The van der Waals surface area contributed by atoms with E-state index >= 15 is 0 Å². The van der Waals surface area contributed by atoms with E-state index in [1.807, 2.05) is 0 Å². The molecule has 0 unspecified atom stereocenters. The van der Waals surface area contributed by atoms with E-state index in [9.17, 15) is 38.0 Å². The minimum atomic E-state index is -5.41. The summed E-state index contributed by atoms with van der Waals surface area (Å²) in [6.45, 7) is 1.73. The lowest BCUT2D eigenvalue weighted by molar-refractivity contribution is -0.384. The molecule has 3 N–H and O–H groups in total. The number of ketones is 1. The molecule has 0 saturated carbocycles. The number of aliphatic hydroxyl groups is 1. The van der Waals surface area contributed by atoms with Crippen molar-refractivity contribution < 1.29 is 37.2 Å². The van der Waals surface area contributed by atoms with Gasteiger partial charge in [-0.15, -0.1) is 0 Å². The predicted octanol–water partition coefficient (Wildman–Crippen LogP) is 4.27. The van der Waals surface area contributed by atoms with Gasteiger partial charge in [0.05, 0.1) is 4.92 Å². The largest absolute Gasteiger partial charge is 0.459 e. The molecule has 3 atom stereocenters. The van der Waals surface area contributed by atoms with Gasteiger partial charge in [-0.2, -0.15) is 13.2 Å². The molecule has 1 saturated heterocycles. The summed E-state index contributed by atoms with van der Waals surface area (Å²) in [5.74, 6) is -3.55. The Balaban J connectivity index is 1.80. The molecule has 9 nitrogen and oxygen atoms in total. The van der Waals surface area contributed by atoms with Crippen molar-refractivity contribution >= 4 is 17.5 Å². The van der Waals surface area contributed by atoms with Crippen LogP contribution >= 0.6 is 0 Å². The van der Waals surface area contributed by atoms with Crippen LogP contribution in [-0.2, 0) is 0 Å². The number of carbonyl (C=O) groups excluding carboxylic acids is 2. The van der Waals surface area contributed by atoms with Crippen LogP contribution in [0, 0.1) is 23.0 Å². The first-order valence-corrected chi connectivity index (χ1v) is 10.2. The number of hydrogen-bond acceptors (Lipinski definition) is 6. The highest BCUT2D eigenvalue weighted by atomic mass is 19.4. The first-order valence-electron chi connectivity index (χ1n) is 10.2. The number of urea groups is 1. The molecule has 2 amide bonds. The zero-order chi connectivity index (χ0) is 25.5. The summed E-state index contributed by atoms with van der Waals surface area (Å²) in [7, 11) is 0. The summed E-state index contributed by atoms with van der Waals surface area (Å²) in [5, 5.41) is 25.4. The quantitative estimate of drug-likeness (QED) is 0.278. The Morgan fingerprint density at radius 1 is 1.14 bits per heavy atom. The van der Waals surface area contributed by atoms with Gasteiger partial charge in [-0.25, -0.2) is 4.79 Å². The van der Waals surface area contributed by atoms with Crippen LogP contribution in [-0.4, -0.2) is 33.7 Å². The predicted molar refractivity (Wildman–Crippen MR) is 115 cm³/mol. The van der Waals surface area contributed by atoms with E-state index in [0.29, 0.717) is 0 Å². The zero-order valence-electron chi connectivity index (χ0n) is 18.0. The fourth-order valence-corrected chi connectivity index (χ4v) is 3.92. The van der Waals surface area contributed by atoms with Crippen molar-refractivity contribution in [1.82, 2.24) is 10.6 Å². The molecule has 182 valence electrons. The van der Waals surface area contributed by atoms with Gasteiger partial charge in [-0.05, 0) is 19.1 Å². The second-order valence-electron chi connectivity index (χ2n) is 8.06. The van der Waals surface area contributed by atoms with Gasteiger partial charge in [-0.3, -0.25) is 14.9 Å². The summed E-state index contributed by atoms with van der Waals surface area (Å²) < 4.78 is 47.7. The average Bonchev–Trinajstić information content (AvgIpc) is 3.28. The number of furan rings is 1. The molecule has 1 aliphatic heterocycles. The summed E-state index contributed by atoms with van der Waals surface area (Å²) in [5.41, 5.74) is -3.25. The van der Waals surface area contributed by atoms with E-state index < -0.39 is 40.6 Å². The van der Waals surface area contributed by atoms with E-state index in [1.54, 1.807) is 6.92 Å². The number of alkyl halides is 3. The van der Waals surface area contributed by atoms with Gasteiger partial charge in [-0.1, -0.05) is 42.0 Å². The Hall–Kier alpha value is -4.19. The first-order chi connectivity index (χ1) is 16.4. The highest BCUT2D eigenvalue weighted by Crippen LogP contribution is 2.44. The van der Waals surface area contributed by atoms with Gasteiger partial charge < -0.3 is 20.2 Å². The van der Waals surface area contributed by atoms with Gasteiger partial charge in [0, 0.05) is 23.3 Å². The topological polar surface area (TPSA) is 135 Å². The Labute approximate surface area is 195 Å². The number of benzene rings is 2. The number of aryl methyl sites for hydroxylation is 1. The van der Waals surface area contributed by atoms with Crippen LogP contribution in [0.3, 0.4) is 0 Å². The molecule has 35 heavy (non-hydrogen) atoms. The van der Waals surface area contributed by atoms with Crippen LogP contribution in [0.4, 0.5) is 23.7 Å². The number of halogens is 3. The molecule has 2 aromatic carbocycles. The number of carbonyl (C=O) groups is 2. The average molecular weight is 489 g/mol. The fourth-order valence-electron chi connectivity index (χ4n) is 3.92. The number of nitrogens with one attached hydrogen (secondary N) is 2. The fraction of sp³-hybridized carbons (Fsp3) is 0.217. The third-order valence-electron chi connectivity index (χ3n) is 5.70. The van der Waals surface area contributed by atoms with Crippen molar-refractivity contribution in [3.8, 4) is 11.3 Å². The highest BCUT2D eigenvalue weighted by molar-refractivity contribution is 6.00. The van der Waals surface area contributed by atoms with Crippen molar-refractivity contribution in [3.63, 3.8) is 0 Å². The smallest absolute Gasteiger partial charge is 0.437 e. The van der Waals surface area contributed by atoms with Gasteiger partial charge >= 0.3 is 12.2 Å². The number of non-ortho nitro benzene ring substituents is 1. The number of Topliss-reactive ketones (excluding diaryl/α,β-unsaturated/α-hetero) is 1. The monoisotopic (exact) mass is 489 g/mol. The third kappa shape index (κ3) is 4.35. The number of amides is 2. The summed E-state index contributed by atoms with van der Waals surface area (Å²) in [6.07, 6.45) is -5.41. The van der Waals surface area contributed by atoms with Crippen LogP contribution in [0.5, 0.6) is 0 Å². The van der Waals surface area contributed by atoms with Crippen LogP contribution < -0.4 is 10.6 Å². The van der Waals surface area contributed by atoms with Crippen molar-refractivity contribution in [2.24, 2.45) is 5.92 Å². The Kier molecular flexibility index (Phi) is 5.85. The lowest BCUT2D eigenvalue weighted by Gasteiger charge is -2.44. The molecule has 0 spiro atoms. The van der Waals surface area contributed by atoms with E-state index in [2.05, 4.69) is 5.32 Å². The summed E-state index contributed by atoms with van der Waals surface area (Å²) in [6, 6.07) is 10.5. The highest BCUT2D eigenvalue weighted by Gasteiger charge is 2.66. The molecule has 2 heterocycles. The van der Waals surface area contributed by atoms with Gasteiger partial charge in [0.2, 0.25) is 5.72 Å². The molecule has 12 heteroatoms. The van der Waals surface area contributed by atoms with Crippen LogP contribution in [0.15, 0.2) is 65.1 Å². The minimum Gasteiger partial charge on any atom is -0.459 e. The zero-order valence-corrected chi connectivity index (χ0v) is 18.0. The SMILES string of the molecule is Cc1ccc(C(=O)[C@@H]2[C@H](c3ccc(-c4cccc([N+](=O)[O-])c4)o3)NC(=O)N[C@]2(O)C(F)(F)F)cc1. The third-order valence-corrected chi connectivity index (χ3v) is 5.70. The molecular weight excluding hydrogens is 471 g/mol. The standard InChI is InChI=1S/C23H18F3N3O6/c1-12-5-7-13(8-6-12)20(30)18-19(27-21(31)28-22(18,32)23(24,25)26)17-10-9-16(35-17)14-3-2-4-15(11-14)29(33)34/h2-11,18-19,32H,1H3,(H2,27,28,31)/t18-,19-,22+/m0/s1. The second-order valence-corrected chi connectivity index (χ2v) is 8.06. The van der Waals surface area contributed by atoms with Crippen molar-refractivity contribution in [1.29, 1.82) is 0 Å². The van der Waals surface area contributed by atoms with Gasteiger partial charge in [0.1, 0.15) is 23.5 Å². The lowest BCUT2D eigenvalue weighted by atomic mass is 9.79. The second kappa shape index (κ2) is 8.55. The molecule has 0 aliphatic carbocycles. The Morgan fingerprint density at radius 3 is 2.46 bits per heavy atom. The number of rotatable bonds is 5. The molecule has 3 aromatic rings. The van der Waals surface area contributed by atoms with Crippen LogP contribution in [0.2, 0.25) is 0 Å². The van der Waals surface area contributed by atoms with Crippen LogP contribution in [0.1, 0.15) is 27.7 Å². The van der Waals surface area contributed by atoms with Crippen molar-refractivity contribution in [2.75, 3.05) is 0 Å². The molecule has 1 aliphatic rings. The maximum Gasteiger partial charge on any atom is 0.437 e. The Bertz CT molecular complexity index is 1300. The number of nitro benzene ring substituents is 1.